The Kier molecular flexibility index (Phi) is 6.96. The van der Waals surface area contributed by atoms with E-state index in [2.05, 4.69) is 36.3 Å². The molecule has 0 aromatic carbocycles. The second-order valence-corrected chi connectivity index (χ2v) is 7.30. The summed E-state index contributed by atoms with van der Waals surface area (Å²) in [6, 6.07) is 0. The van der Waals surface area contributed by atoms with Crippen molar-refractivity contribution < 1.29 is 4.74 Å². The third-order valence-corrected chi connectivity index (χ3v) is 4.68. The van der Waals surface area contributed by atoms with Crippen molar-refractivity contribution in [2.24, 2.45) is 16.3 Å². The summed E-state index contributed by atoms with van der Waals surface area (Å²) in [5.41, 5.74) is 0.243. The number of guanidine groups is 1. The van der Waals surface area contributed by atoms with Crippen molar-refractivity contribution in [1.29, 1.82) is 0 Å². The van der Waals surface area contributed by atoms with Crippen LogP contribution in [0, 0.1) is 11.3 Å². The third-order valence-electron chi connectivity index (χ3n) is 4.68. The van der Waals surface area contributed by atoms with Gasteiger partial charge in [0.25, 0.3) is 0 Å². The Hall–Kier alpha value is -0.810. The molecule has 0 saturated carbocycles. The topological polar surface area (TPSA) is 48.9 Å². The van der Waals surface area contributed by atoms with Gasteiger partial charge in [-0.05, 0) is 51.7 Å². The zero-order valence-electron chi connectivity index (χ0n) is 14.7. The average Bonchev–Trinajstić information content (AvgIpc) is 2.49. The molecule has 22 heavy (non-hydrogen) atoms. The second-order valence-electron chi connectivity index (χ2n) is 7.30. The zero-order valence-corrected chi connectivity index (χ0v) is 14.7. The van der Waals surface area contributed by atoms with Gasteiger partial charge in [0.2, 0.25) is 0 Å². The van der Waals surface area contributed by atoms with E-state index in [1.54, 1.807) is 0 Å². The number of nitrogens with zero attached hydrogens (tertiary/aromatic N) is 2. The number of likely N-dealkylation sites (tertiary alicyclic amines) is 1. The predicted octanol–water partition coefficient (Wildman–Crippen LogP) is 1.70. The molecule has 0 spiro atoms. The molecule has 0 radical (unpaired) electrons. The van der Waals surface area contributed by atoms with Gasteiger partial charge in [0, 0.05) is 18.5 Å². The summed E-state index contributed by atoms with van der Waals surface area (Å²) in [6.07, 6.45) is 3.90. The quantitative estimate of drug-likeness (QED) is 0.427. The highest BCUT2D eigenvalue weighted by Gasteiger charge is 2.33. The van der Waals surface area contributed by atoms with Crippen LogP contribution in [0.2, 0.25) is 0 Å². The summed E-state index contributed by atoms with van der Waals surface area (Å²) in [5, 5.41) is 6.79. The second kappa shape index (κ2) is 8.73. The van der Waals surface area contributed by atoms with E-state index in [-0.39, 0.29) is 5.41 Å². The Bertz CT molecular complexity index is 347. The fourth-order valence-electron chi connectivity index (χ4n) is 2.95. The Labute approximate surface area is 135 Å². The first-order valence-electron chi connectivity index (χ1n) is 8.93. The molecule has 5 nitrogen and oxygen atoms in total. The summed E-state index contributed by atoms with van der Waals surface area (Å²) >= 11 is 0. The van der Waals surface area contributed by atoms with E-state index < -0.39 is 0 Å². The van der Waals surface area contributed by atoms with Crippen LogP contribution in [0.5, 0.6) is 0 Å². The number of piperidine rings is 1. The number of aliphatic imine (C=N–C) groups is 1. The van der Waals surface area contributed by atoms with E-state index in [1.807, 2.05) is 0 Å². The van der Waals surface area contributed by atoms with Crippen molar-refractivity contribution in [1.82, 2.24) is 15.5 Å². The molecular formula is C17H34N4O. The minimum atomic E-state index is 0.243. The predicted molar refractivity (Wildman–Crippen MR) is 92.4 cm³/mol. The van der Waals surface area contributed by atoms with Crippen LogP contribution in [0.1, 0.15) is 40.0 Å². The van der Waals surface area contributed by atoms with Gasteiger partial charge in [-0.25, -0.2) is 0 Å². The highest BCUT2D eigenvalue weighted by molar-refractivity contribution is 5.79. The van der Waals surface area contributed by atoms with Gasteiger partial charge in [-0.3, -0.25) is 4.99 Å². The molecule has 2 rings (SSSR count). The fourth-order valence-corrected chi connectivity index (χ4v) is 2.95. The minimum absolute atomic E-state index is 0.243. The normalized spacial score (nSPS) is 23.1. The van der Waals surface area contributed by atoms with E-state index in [4.69, 9.17) is 9.73 Å². The maximum absolute atomic E-state index is 5.29. The fraction of sp³-hybridized carbons (Fsp3) is 0.941. The van der Waals surface area contributed by atoms with Gasteiger partial charge in [0.05, 0.1) is 19.8 Å². The molecule has 0 atom stereocenters. The lowest BCUT2D eigenvalue weighted by molar-refractivity contribution is -0.0945. The van der Waals surface area contributed by atoms with Gasteiger partial charge in [0.15, 0.2) is 5.96 Å². The van der Waals surface area contributed by atoms with Crippen molar-refractivity contribution in [3.63, 3.8) is 0 Å². The van der Waals surface area contributed by atoms with Crippen molar-refractivity contribution in [2.75, 3.05) is 52.5 Å². The maximum atomic E-state index is 5.29. The molecule has 0 aromatic rings. The lowest BCUT2D eigenvalue weighted by Gasteiger charge is -2.36. The number of hydrogen-bond acceptors (Lipinski definition) is 3. The number of nitrogens with one attached hydrogen (secondary N) is 2. The van der Waals surface area contributed by atoms with Crippen molar-refractivity contribution in [3.8, 4) is 0 Å². The molecule has 2 fully saturated rings. The van der Waals surface area contributed by atoms with Gasteiger partial charge in [-0.15, -0.1) is 0 Å². The van der Waals surface area contributed by atoms with Crippen molar-refractivity contribution in [3.05, 3.63) is 0 Å². The molecule has 0 aliphatic carbocycles. The molecule has 2 heterocycles. The smallest absolute Gasteiger partial charge is 0.191 e. The van der Waals surface area contributed by atoms with Crippen LogP contribution in [0.15, 0.2) is 4.99 Å². The van der Waals surface area contributed by atoms with Crippen LogP contribution in [0.25, 0.3) is 0 Å². The largest absolute Gasteiger partial charge is 0.380 e. The summed E-state index contributed by atoms with van der Waals surface area (Å²) in [7, 11) is 0. The summed E-state index contributed by atoms with van der Waals surface area (Å²) in [5.74, 6) is 1.86. The highest BCUT2D eigenvalue weighted by atomic mass is 16.5. The van der Waals surface area contributed by atoms with E-state index >= 15 is 0 Å². The molecule has 2 aliphatic rings. The molecule has 2 N–H and O–H groups in total. The molecule has 2 aliphatic heterocycles. The van der Waals surface area contributed by atoms with Crippen molar-refractivity contribution in [2.45, 2.75) is 40.0 Å². The van der Waals surface area contributed by atoms with Crippen LogP contribution in [0.4, 0.5) is 0 Å². The van der Waals surface area contributed by atoms with E-state index in [0.717, 1.165) is 44.7 Å². The van der Waals surface area contributed by atoms with Gasteiger partial charge in [-0.1, -0.05) is 13.8 Å². The molecule has 5 heteroatoms. The van der Waals surface area contributed by atoms with Crippen molar-refractivity contribution >= 4 is 5.96 Å². The molecule has 0 unspecified atom stereocenters. The first-order valence-corrected chi connectivity index (χ1v) is 8.93. The summed E-state index contributed by atoms with van der Waals surface area (Å²) in [4.78, 5) is 7.30. The Morgan fingerprint density at radius 2 is 2.00 bits per heavy atom. The highest BCUT2D eigenvalue weighted by Crippen LogP contribution is 2.26. The van der Waals surface area contributed by atoms with Crippen LogP contribution in [-0.2, 0) is 4.74 Å². The first-order chi connectivity index (χ1) is 10.6. The average molecular weight is 310 g/mol. The van der Waals surface area contributed by atoms with E-state index in [0.29, 0.717) is 0 Å². The Morgan fingerprint density at radius 3 is 2.59 bits per heavy atom. The van der Waals surface area contributed by atoms with Crippen LogP contribution in [-0.4, -0.2) is 63.3 Å². The van der Waals surface area contributed by atoms with Crippen LogP contribution in [0.3, 0.4) is 0 Å². The minimum Gasteiger partial charge on any atom is -0.380 e. The SMILES string of the molecule is CCNC(=NCC1(C)COC1)NCCCN1CCC(C)CC1. The first kappa shape index (κ1) is 17.5. The van der Waals surface area contributed by atoms with Gasteiger partial charge < -0.3 is 20.3 Å². The monoisotopic (exact) mass is 310 g/mol. The Balaban J connectivity index is 1.62. The van der Waals surface area contributed by atoms with Gasteiger partial charge in [-0.2, -0.15) is 0 Å². The zero-order chi connectivity index (χ0) is 15.8. The van der Waals surface area contributed by atoms with Gasteiger partial charge >= 0.3 is 0 Å². The number of rotatable bonds is 7. The third kappa shape index (κ3) is 5.76. The van der Waals surface area contributed by atoms with Gasteiger partial charge in [0.1, 0.15) is 0 Å². The summed E-state index contributed by atoms with van der Waals surface area (Å²) in [6.45, 7) is 14.9. The molecule has 2 saturated heterocycles. The number of ether oxygens (including phenoxy) is 1. The molecule has 0 amide bonds. The van der Waals surface area contributed by atoms with Crippen LogP contribution < -0.4 is 10.6 Å². The molecule has 128 valence electrons. The Morgan fingerprint density at radius 1 is 1.27 bits per heavy atom. The maximum Gasteiger partial charge on any atom is 0.191 e. The lowest BCUT2D eigenvalue weighted by Crippen LogP contribution is -2.44. The lowest BCUT2D eigenvalue weighted by atomic mass is 9.89. The molecule has 0 aromatic heterocycles. The van der Waals surface area contributed by atoms with E-state index in [1.165, 1.54) is 38.9 Å². The molecular weight excluding hydrogens is 276 g/mol. The number of hydrogen-bond donors (Lipinski definition) is 2. The standard InChI is InChI=1S/C17H34N4O/c1-4-18-16(20-12-17(3)13-22-14-17)19-8-5-9-21-10-6-15(2)7-11-21/h15H,4-14H2,1-3H3,(H2,18,19,20). The molecule has 0 bridgehead atoms. The van der Waals surface area contributed by atoms with Crippen LogP contribution >= 0.6 is 0 Å². The summed E-state index contributed by atoms with van der Waals surface area (Å²) < 4.78 is 5.29. The van der Waals surface area contributed by atoms with E-state index in [9.17, 15) is 0 Å².